The van der Waals surface area contributed by atoms with Crippen molar-refractivity contribution in [3.05, 3.63) is 45.5 Å². The van der Waals surface area contributed by atoms with Crippen LogP contribution in [0.25, 0.3) is 10.2 Å². The quantitative estimate of drug-likeness (QED) is 0.363. The molecule has 1 aliphatic rings. The van der Waals surface area contributed by atoms with Gasteiger partial charge in [-0.2, -0.15) is 4.98 Å². The minimum Gasteiger partial charge on any atom is -0.302 e. The van der Waals surface area contributed by atoms with E-state index in [1.807, 2.05) is 23.6 Å². The molecule has 9 heteroatoms. The van der Waals surface area contributed by atoms with E-state index < -0.39 is 0 Å². The third-order valence-electron chi connectivity index (χ3n) is 6.12. The highest BCUT2D eigenvalue weighted by molar-refractivity contribution is 8.00. The molecule has 0 saturated carbocycles. The van der Waals surface area contributed by atoms with Gasteiger partial charge in [-0.3, -0.25) is 9.36 Å². The second kappa shape index (κ2) is 10.8. The molecule has 1 N–H and O–H groups in total. The number of likely N-dealkylation sites (N-methyl/N-ethyl adjacent to an activating group) is 1. The molecule has 0 fully saturated rings. The summed E-state index contributed by atoms with van der Waals surface area (Å²) in [5.41, 5.74) is 4.11. The van der Waals surface area contributed by atoms with Crippen LogP contribution in [0.15, 0.2) is 28.0 Å². The molecule has 2 heterocycles. The summed E-state index contributed by atoms with van der Waals surface area (Å²) < 4.78 is 2.92. The maximum Gasteiger partial charge on any atom is 0.348 e. The van der Waals surface area contributed by atoms with Gasteiger partial charge >= 0.3 is 5.69 Å². The number of aromatic nitrogens is 3. The Morgan fingerprint density at radius 1 is 1.21 bits per heavy atom. The summed E-state index contributed by atoms with van der Waals surface area (Å²) in [6, 6.07) is 6.06. The first kappa shape index (κ1) is 23.9. The van der Waals surface area contributed by atoms with Crippen LogP contribution in [0.2, 0.25) is 0 Å². The van der Waals surface area contributed by atoms with Gasteiger partial charge in [-0.1, -0.05) is 43.0 Å². The highest BCUT2D eigenvalue weighted by atomic mass is 32.2. The molecule has 0 spiro atoms. The summed E-state index contributed by atoms with van der Waals surface area (Å²) in [7, 11) is 0. The third-order valence-corrected chi connectivity index (χ3v) is 8.07. The van der Waals surface area contributed by atoms with Crippen LogP contribution in [-0.4, -0.2) is 50.7 Å². The molecule has 0 saturated heterocycles. The zero-order valence-electron chi connectivity index (χ0n) is 19.5. The number of nitrogens with one attached hydrogen (secondary N) is 1. The molecular weight excluding hydrogens is 454 g/mol. The molecule has 7 nitrogen and oxygen atoms in total. The van der Waals surface area contributed by atoms with Crippen molar-refractivity contribution < 1.29 is 4.79 Å². The average Bonchev–Trinajstić information content (AvgIpc) is 3.20. The number of carbonyl (C=O) groups excluding carboxylic acids is 1. The van der Waals surface area contributed by atoms with Crippen molar-refractivity contribution in [2.24, 2.45) is 0 Å². The number of thioether (sulfide) groups is 1. The normalized spacial score (nSPS) is 13.5. The Morgan fingerprint density at radius 3 is 2.79 bits per heavy atom. The third kappa shape index (κ3) is 5.65. The van der Waals surface area contributed by atoms with E-state index in [0.29, 0.717) is 16.7 Å². The zero-order valence-corrected chi connectivity index (χ0v) is 21.2. The van der Waals surface area contributed by atoms with Gasteiger partial charge in [0.25, 0.3) is 0 Å². The van der Waals surface area contributed by atoms with Crippen molar-refractivity contribution in [1.29, 1.82) is 0 Å². The van der Waals surface area contributed by atoms with Gasteiger partial charge in [0.1, 0.15) is 5.03 Å². The van der Waals surface area contributed by atoms with Crippen molar-refractivity contribution in [3.63, 3.8) is 0 Å². The Kier molecular flexibility index (Phi) is 7.82. The first-order valence-electron chi connectivity index (χ1n) is 11.6. The summed E-state index contributed by atoms with van der Waals surface area (Å²) in [5, 5.41) is 4.22. The molecule has 33 heavy (non-hydrogen) atoms. The molecule has 1 amide bonds. The van der Waals surface area contributed by atoms with Crippen molar-refractivity contribution >= 4 is 44.4 Å². The van der Waals surface area contributed by atoms with Crippen LogP contribution in [0.5, 0.6) is 0 Å². The second-order valence-corrected chi connectivity index (χ2v) is 10.3. The molecule has 0 atom stereocenters. The molecule has 3 aromatic rings. The number of fused-ring (bicyclic) bond motifs is 2. The smallest absolute Gasteiger partial charge is 0.302 e. The summed E-state index contributed by atoms with van der Waals surface area (Å²) in [4.78, 5) is 36.7. The number of hydrogen-bond acceptors (Lipinski definition) is 7. The molecule has 0 radical (unpaired) electrons. The van der Waals surface area contributed by atoms with Crippen molar-refractivity contribution in [3.8, 4) is 0 Å². The van der Waals surface area contributed by atoms with Crippen LogP contribution in [0.3, 0.4) is 0 Å². The highest BCUT2D eigenvalue weighted by Gasteiger charge is 2.21. The van der Waals surface area contributed by atoms with E-state index in [0.717, 1.165) is 66.8 Å². The van der Waals surface area contributed by atoms with Crippen LogP contribution in [0, 0.1) is 6.92 Å². The Balaban J connectivity index is 1.46. The fourth-order valence-electron chi connectivity index (χ4n) is 4.25. The van der Waals surface area contributed by atoms with E-state index in [4.69, 9.17) is 0 Å². The fraction of sp³-hybridized carbons (Fsp3) is 0.500. The number of hydrogen-bond donors (Lipinski definition) is 1. The van der Waals surface area contributed by atoms with Gasteiger partial charge in [0, 0.05) is 24.3 Å². The highest BCUT2D eigenvalue weighted by Crippen LogP contribution is 2.30. The molecule has 0 unspecified atom stereocenters. The Hall–Kier alpha value is -2.23. The first-order chi connectivity index (χ1) is 16.0. The summed E-state index contributed by atoms with van der Waals surface area (Å²) in [5.74, 6) is 0.0740. The molecule has 176 valence electrons. The van der Waals surface area contributed by atoms with E-state index in [1.54, 1.807) is 0 Å². The molecule has 1 aromatic carbocycles. The molecule has 1 aliphatic carbocycles. The monoisotopic (exact) mass is 485 g/mol. The lowest BCUT2D eigenvalue weighted by Crippen LogP contribution is -2.35. The maximum absolute atomic E-state index is 12.9. The SMILES string of the molecule is CCN(CC)CCn1c2c(c(SCC(=O)Nc3nc4ccc(C)cc4s3)nc1=O)CCCC2. The minimum absolute atomic E-state index is 0.132. The number of benzene rings is 1. The van der Waals surface area contributed by atoms with Gasteiger partial charge in [-0.05, 0) is 63.4 Å². The van der Waals surface area contributed by atoms with Gasteiger partial charge in [-0.25, -0.2) is 9.78 Å². The molecule has 2 aromatic heterocycles. The van der Waals surface area contributed by atoms with Crippen LogP contribution >= 0.6 is 23.1 Å². The summed E-state index contributed by atoms with van der Waals surface area (Å²) in [6.45, 7) is 9.77. The van der Waals surface area contributed by atoms with Gasteiger partial charge in [-0.15, -0.1) is 0 Å². The summed E-state index contributed by atoms with van der Waals surface area (Å²) in [6.07, 6.45) is 3.99. The molecule has 0 bridgehead atoms. The van der Waals surface area contributed by atoms with Gasteiger partial charge in [0.2, 0.25) is 5.91 Å². The van der Waals surface area contributed by atoms with Gasteiger partial charge < -0.3 is 10.2 Å². The zero-order chi connectivity index (χ0) is 23.4. The summed E-state index contributed by atoms with van der Waals surface area (Å²) >= 11 is 2.83. The Morgan fingerprint density at radius 2 is 2.00 bits per heavy atom. The molecular formula is C24H31N5O2S2. The average molecular weight is 486 g/mol. The molecule has 0 aliphatic heterocycles. The second-order valence-electron chi connectivity index (χ2n) is 8.34. The van der Waals surface area contributed by atoms with E-state index in [1.165, 1.54) is 28.7 Å². The number of carbonyl (C=O) groups is 1. The van der Waals surface area contributed by atoms with E-state index >= 15 is 0 Å². The van der Waals surface area contributed by atoms with Crippen molar-refractivity contribution in [2.45, 2.75) is 58.0 Å². The largest absolute Gasteiger partial charge is 0.348 e. The number of nitrogens with zero attached hydrogens (tertiary/aromatic N) is 4. The van der Waals surface area contributed by atoms with Crippen molar-refractivity contribution in [2.75, 3.05) is 30.7 Å². The van der Waals surface area contributed by atoms with Crippen LogP contribution in [0.1, 0.15) is 43.5 Å². The Bertz CT molecular complexity index is 1200. The fourth-order valence-corrected chi connectivity index (χ4v) is 6.11. The lowest BCUT2D eigenvalue weighted by atomic mass is 9.97. The van der Waals surface area contributed by atoms with Crippen LogP contribution in [-0.2, 0) is 24.2 Å². The maximum atomic E-state index is 12.9. The van der Waals surface area contributed by atoms with E-state index in [-0.39, 0.29) is 17.3 Å². The predicted molar refractivity (Wildman–Crippen MR) is 137 cm³/mol. The predicted octanol–water partition coefficient (Wildman–Crippen LogP) is 4.11. The lowest BCUT2D eigenvalue weighted by molar-refractivity contribution is -0.113. The lowest BCUT2D eigenvalue weighted by Gasteiger charge is -2.24. The van der Waals surface area contributed by atoms with Gasteiger partial charge in [0.15, 0.2) is 5.13 Å². The van der Waals surface area contributed by atoms with E-state index in [9.17, 15) is 9.59 Å². The standard InChI is InChI=1S/C24H31N5O2S2/c1-4-28(5-2)12-13-29-19-9-7-6-8-17(19)22(27-24(29)31)32-15-21(30)26-23-25-18-11-10-16(3)14-20(18)33-23/h10-11,14H,4-9,12-13,15H2,1-3H3,(H,25,26,30). The Labute approximate surface area is 202 Å². The van der Waals surface area contributed by atoms with Crippen molar-refractivity contribution in [1.82, 2.24) is 19.4 Å². The first-order valence-corrected chi connectivity index (χ1v) is 13.4. The topological polar surface area (TPSA) is 80.1 Å². The molecule has 4 rings (SSSR count). The van der Waals surface area contributed by atoms with E-state index in [2.05, 4.69) is 40.1 Å². The number of rotatable bonds is 9. The van der Waals surface area contributed by atoms with Crippen LogP contribution in [0.4, 0.5) is 5.13 Å². The minimum atomic E-state index is -0.202. The van der Waals surface area contributed by atoms with Gasteiger partial charge in [0.05, 0.1) is 16.0 Å². The number of amides is 1. The number of anilines is 1. The number of thiazole rings is 1. The van der Waals surface area contributed by atoms with Crippen LogP contribution < -0.4 is 11.0 Å². The number of aryl methyl sites for hydroxylation is 1.